The Bertz CT molecular complexity index is 1120. The maximum absolute atomic E-state index is 13.2. The SMILES string of the molecule is Cc1cc(C(=O)CSc2nnc(-c3cccnc3)n2[C@H]2CCCC[C@@H]2C)c(C)n1C1CC1. The van der Waals surface area contributed by atoms with Crippen molar-refractivity contribution in [2.24, 2.45) is 5.92 Å². The maximum Gasteiger partial charge on any atom is 0.192 e. The maximum atomic E-state index is 13.2. The van der Waals surface area contributed by atoms with Crippen molar-refractivity contribution in [3.05, 3.63) is 47.5 Å². The first-order chi connectivity index (χ1) is 15.5. The van der Waals surface area contributed by atoms with Crippen LogP contribution in [0.2, 0.25) is 0 Å². The van der Waals surface area contributed by atoms with Gasteiger partial charge in [-0.25, -0.2) is 0 Å². The highest BCUT2D eigenvalue weighted by Gasteiger charge is 2.30. The smallest absolute Gasteiger partial charge is 0.192 e. The molecular weight excluding hydrogens is 418 g/mol. The van der Waals surface area contributed by atoms with E-state index in [4.69, 9.17) is 0 Å². The third-order valence-electron chi connectivity index (χ3n) is 7.01. The van der Waals surface area contributed by atoms with Gasteiger partial charge in [-0.2, -0.15) is 0 Å². The van der Waals surface area contributed by atoms with Gasteiger partial charge in [-0.1, -0.05) is 31.5 Å². The van der Waals surface area contributed by atoms with E-state index in [0.29, 0.717) is 23.8 Å². The molecule has 32 heavy (non-hydrogen) atoms. The number of Topliss-reactive ketones (excluding diaryl/α,β-unsaturated/α-hetero) is 1. The van der Waals surface area contributed by atoms with Crippen LogP contribution in [0, 0.1) is 19.8 Å². The average Bonchev–Trinajstić information content (AvgIpc) is 3.47. The van der Waals surface area contributed by atoms with E-state index in [1.807, 2.05) is 18.3 Å². The summed E-state index contributed by atoms with van der Waals surface area (Å²) < 4.78 is 4.62. The monoisotopic (exact) mass is 449 g/mol. The predicted molar refractivity (Wildman–Crippen MR) is 127 cm³/mol. The van der Waals surface area contributed by atoms with E-state index in [-0.39, 0.29) is 5.78 Å². The highest BCUT2D eigenvalue weighted by atomic mass is 32.2. The molecule has 0 amide bonds. The van der Waals surface area contributed by atoms with Crippen molar-refractivity contribution < 1.29 is 4.79 Å². The van der Waals surface area contributed by atoms with Crippen LogP contribution in [-0.2, 0) is 0 Å². The number of thioether (sulfide) groups is 1. The number of carbonyl (C=O) groups is 1. The minimum atomic E-state index is 0.171. The van der Waals surface area contributed by atoms with Crippen LogP contribution in [0.5, 0.6) is 0 Å². The molecule has 168 valence electrons. The van der Waals surface area contributed by atoms with Crippen molar-refractivity contribution in [2.45, 2.75) is 76.5 Å². The molecule has 0 unspecified atom stereocenters. The normalized spacial score (nSPS) is 21.1. The van der Waals surface area contributed by atoms with Gasteiger partial charge in [0.15, 0.2) is 16.8 Å². The lowest BCUT2D eigenvalue weighted by Gasteiger charge is -2.31. The van der Waals surface area contributed by atoms with Crippen molar-refractivity contribution in [2.75, 3.05) is 5.75 Å². The second kappa shape index (κ2) is 8.85. The lowest BCUT2D eigenvalue weighted by Crippen LogP contribution is -2.22. The lowest BCUT2D eigenvalue weighted by molar-refractivity contribution is 0.102. The molecule has 2 aliphatic rings. The van der Waals surface area contributed by atoms with Crippen molar-refractivity contribution >= 4 is 17.5 Å². The summed E-state index contributed by atoms with van der Waals surface area (Å²) in [6.07, 6.45) is 10.9. The molecule has 0 spiro atoms. The number of nitrogens with zero attached hydrogens (tertiary/aromatic N) is 5. The highest BCUT2D eigenvalue weighted by Crippen LogP contribution is 2.40. The zero-order valence-corrected chi connectivity index (χ0v) is 19.9. The summed E-state index contributed by atoms with van der Waals surface area (Å²) in [6, 6.07) is 6.97. The Morgan fingerprint density at radius 1 is 1.12 bits per heavy atom. The Morgan fingerprint density at radius 2 is 1.94 bits per heavy atom. The van der Waals surface area contributed by atoms with E-state index in [9.17, 15) is 4.79 Å². The summed E-state index contributed by atoms with van der Waals surface area (Å²) >= 11 is 1.52. The molecule has 7 heteroatoms. The molecule has 2 aliphatic carbocycles. The first kappa shape index (κ1) is 21.4. The van der Waals surface area contributed by atoms with E-state index in [0.717, 1.165) is 34.2 Å². The molecule has 0 bridgehead atoms. The Kier molecular flexibility index (Phi) is 5.93. The van der Waals surface area contributed by atoms with Crippen molar-refractivity contribution in [3.8, 4) is 11.4 Å². The number of aromatic nitrogens is 5. The van der Waals surface area contributed by atoms with Crippen LogP contribution in [0.1, 0.15) is 79.3 Å². The largest absolute Gasteiger partial charge is 0.345 e. The van der Waals surface area contributed by atoms with Crippen LogP contribution < -0.4 is 0 Å². The topological polar surface area (TPSA) is 65.6 Å². The molecular formula is C25H31N5OS. The van der Waals surface area contributed by atoms with Crippen LogP contribution in [0.3, 0.4) is 0 Å². The predicted octanol–water partition coefficient (Wildman–Crippen LogP) is 5.82. The minimum Gasteiger partial charge on any atom is -0.345 e. The van der Waals surface area contributed by atoms with E-state index in [1.54, 1.807) is 6.20 Å². The van der Waals surface area contributed by atoms with Crippen LogP contribution >= 0.6 is 11.8 Å². The van der Waals surface area contributed by atoms with Gasteiger partial charge >= 0.3 is 0 Å². The van der Waals surface area contributed by atoms with Gasteiger partial charge < -0.3 is 4.57 Å². The second-order valence-electron chi connectivity index (χ2n) is 9.34. The number of aryl methyl sites for hydroxylation is 1. The van der Waals surface area contributed by atoms with Crippen LogP contribution in [-0.4, -0.2) is 35.9 Å². The Labute approximate surface area is 193 Å². The summed E-state index contributed by atoms with van der Waals surface area (Å²) in [5.41, 5.74) is 4.13. The number of ketones is 1. The number of hydrogen-bond donors (Lipinski definition) is 0. The van der Waals surface area contributed by atoms with Gasteiger partial charge in [-0.05, 0) is 63.6 Å². The van der Waals surface area contributed by atoms with E-state index >= 15 is 0 Å². The summed E-state index contributed by atoms with van der Waals surface area (Å²) in [4.78, 5) is 17.5. The van der Waals surface area contributed by atoms with Gasteiger partial charge in [0.1, 0.15) is 0 Å². The molecule has 0 aromatic carbocycles. The molecule has 3 aromatic heterocycles. The fourth-order valence-electron chi connectivity index (χ4n) is 5.21. The van der Waals surface area contributed by atoms with Gasteiger partial charge in [-0.3, -0.25) is 14.3 Å². The van der Waals surface area contributed by atoms with Gasteiger partial charge in [0.2, 0.25) is 0 Å². The Hall–Kier alpha value is -2.41. The Morgan fingerprint density at radius 3 is 2.66 bits per heavy atom. The third-order valence-corrected chi connectivity index (χ3v) is 7.95. The van der Waals surface area contributed by atoms with Crippen LogP contribution in [0.4, 0.5) is 0 Å². The zero-order chi connectivity index (χ0) is 22.2. The number of pyridine rings is 1. The fourth-order valence-corrected chi connectivity index (χ4v) is 6.08. The highest BCUT2D eigenvalue weighted by molar-refractivity contribution is 7.99. The first-order valence-electron chi connectivity index (χ1n) is 11.7. The number of hydrogen-bond acceptors (Lipinski definition) is 5. The quantitative estimate of drug-likeness (QED) is 0.336. The standard InChI is InChI=1S/C25H31N5OS/c1-16-7-4-5-9-22(16)30-24(19-8-6-12-26-14-19)27-28-25(30)32-15-23(31)21-13-17(2)29(18(21)3)20-10-11-20/h6,8,12-14,16,20,22H,4-5,7,9-11,15H2,1-3H3/t16-,22-/m0/s1. The summed E-state index contributed by atoms with van der Waals surface area (Å²) in [5.74, 6) is 1.96. The van der Waals surface area contributed by atoms with E-state index < -0.39 is 0 Å². The molecule has 2 atom stereocenters. The van der Waals surface area contributed by atoms with Crippen LogP contribution in [0.15, 0.2) is 35.7 Å². The molecule has 0 saturated heterocycles. The molecule has 5 rings (SSSR count). The molecule has 0 N–H and O–H groups in total. The van der Waals surface area contributed by atoms with Crippen molar-refractivity contribution in [1.29, 1.82) is 0 Å². The Balaban J connectivity index is 1.42. The summed E-state index contributed by atoms with van der Waals surface area (Å²) in [6.45, 7) is 6.51. The molecule has 0 radical (unpaired) electrons. The summed E-state index contributed by atoms with van der Waals surface area (Å²) in [5, 5.41) is 9.93. The van der Waals surface area contributed by atoms with Gasteiger partial charge in [0, 0.05) is 47.0 Å². The molecule has 3 heterocycles. The lowest BCUT2D eigenvalue weighted by atomic mass is 9.85. The van der Waals surface area contributed by atoms with Crippen molar-refractivity contribution in [1.82, 2.24) is 24.3 Å². The molecule has 3 aromatic rings. The third kappa shape index (κ3) is 4.03. The van der Waals surface area contributed by atoms with Crippen LogP contribution in [0.25, 0.3) is 11.4 Å². The zero-order valence-electron chi connectivity index (χ0n) is 19.1. The second-order valence-corrected chi connectivity index (χ2v) is 10.3. The fraction of sp³-hybridized carbons (Fsp3) is 0.520. The van der Waals surface area contributed by atoms with Gasteiger partial charge in [0.25, 0.3) is 0 Å². The molecule has 2 saturated carbocycles. The van der Waals surface area contributed by atoms with Gasteiger partial charge in [-0.15, -0.1) is 10.2 Å². The molecule has 6 nitrogen and oxygen atoms in total. The number of carbonyl (C=O) groups excluding carboxylic acids is 1. The first-order valence-corrected chi connectivity index (χ1v) is 12.7. The molecule has 2 fully saturated rings. The molecule has 0 aliphatic heterocycles. The summed E-state index contributed by atoms with van der Waals surface area (Å²) in [7, 11) is 0. The number of rotatable bonds is 7. The van der Waals surface area contributed by atoms with E-state index in [2.05, 4.69) is 51.2 Å². The van der Waals surface area contributed by atoms with E-state index in [1.165, 1.54) is 49.6 Å². The van der Waals surface area contributed by atoms with Gasteiger partial charge in [0.05, 0.1) is 5.75 Å². The van der Waals surface area contributed by atoms with Crippen molar-refractivity contribution in [3.63, 3.8) is 0 Å². The minimum absolute atomic E-state index is 0.171. The average molecular weight is 450 g/mol.